The fourth-order valence-corrected chi connectivity index (χ4v) is 2.21. The quantitative estimate of drug-likeness (QED) is 0.752. The maximum Gasteiger partial charge on any atom is 0.257 e. The van der Waals surface area contributed by atoms with Crippen molar-refractivity contribution in [3.05, 3.63) is 59.1 Å². The van der Waals surface area contributed by atoms with Crippen molar-refractivity contribution in [2.24, 2.45) is 0 Å². The Hall–Kier alpha value is -2.20. The van der Waals surface area contributed by atoms with Crippen LogP contribution in [0.15, 0.2) is 48.5 Å². The molecule has 0 saturated heterocycles. The van der Waals surface area contributed by atoms with Crippen LogP contribution in [0.5, 0.6) is 11.5 Å². The minimum atomic E-state index is -0.134. The number of aryl methyl sites for hydroxylation is 1. The predicted molar refractivity (Wildman–Crippen MR) is 91.3 cm³/mol. The van der Waals surface area contributed by atoms with Crippen molar-refractivity contribution >= 4 is 17.5 Å². The number of amides is 1. The first kappa shape index (κ1) is 17.2. The summed E-state index contributed by atoms with van der Waals surface area (Å²) < 4.78 is 10.6. The van der Waals surface area contributed by atoms with E-state index in [1.54, 1.807) is 31.4 Å². The number of methoxy groups -OCH3 is 1. The van der Waals surface area contributed by atoms with E-state index in [0.717, 1.165) is 18.6 Å². The van der Waals surface area contributed by atoms with E-state index < -0.39 is 0 Å². The highest BCUT2D eigenvalue weighted by atomic mass is 35.5. The van der Waals surface area contributed by atoms with Crippen LogP contribution in [0.2, 0.25) is 5.02 Å². The van der Waals surface area contributed by atoms with Crippen LogP contribution in [0.25, 0.3) is 0 Å². The Bertz CT molecular complexity index is 628. The third-order valence-corrected chi connectivity index (χ3v) is 3.53. The number of ether oxygens (including phenoxy) is 2. The summed E-state index contributed by atoms with van der Waals surface area (Å²) in [6.45, 7) is 0.612. The minimum Gasteiger partial charge on any atom is -0.497 e. The number of carbonyl (C=O) groups is 1. The van der Waals surface area contributed by atoms with E-state index in [9.17, 15) is 4.79 Å². The van der Waals surface area contributed by atoms with Gasteiger partial charge >= 0.3 is 0 Å². The number of benzene rings is 2. The first-order valence-corrected chi connectivity index (χ1v) is 7.83. The summed E-state index contributed by atoms with van der Waals surface area (Å²) in [6.07, 6.45) is 1.75. The van der Waals surface area contributed by atoms with E-state index in [1.165, 1.54) is 5.56 Å². The molecule has 0 saturated carbocycles. The smallest absolute Gasteiger partial charge is 0.257 e. The summed E-state index contributed by atoms with van der Waals surface area (Å²) in [5.74, 6) is 1.34. The molecule has 1 N–H and O–H groups in total. The van der Waals surface area contributed by atoms with Gasteiger partial charge in [0, 0.05) is 11.6 Å². The maximum absolute atomic E-state index is 11.7. The zero-order chi connectivity index (χ0) is 16.5. The van der Waals surface area contributed by atoms with Gasteiger partial charge in [0.2, 0.25) is 0 Å². The molecule has 0 aromatic heterocycles. The summed E-state index contributed by atoms with van der Waals surface area (Å²) in [7, 11) is 1.65. The molecule has 0 aliphatic heterocycles. The topological polar surface area (TPSA) is 47.6 Å². The number of rotatable bonds is 8. The van der Waals surface area contributed by atoms with Gasteiger partial charge in [-0.05, 0) is 54.8 Å². The normalized spacial score (nSPS) is 10.2. The SMILES string of the molecule is COc1cccc(CCCNC(=O)COc2ccc(Cl)cc2)c1. The van der Waals surface area contributed by atoms with Gasteiger partial charge in [-0.1, -0.05) is 23.7 Å². The van der Waals surface area contributed by atoms with E-state index in [0.29, 0.717) is 17.3 Å². The molecule has 0 unspecified atom stereocenters. The van der Waals surface area contributed by atoms with Crippen molar-refractivity contribution in [2.45, 2.75) is 12.8 Å². The van der Waals surface area contributed by atoms with Crippen LogP contribution in [0.4, 0.5) is 0 Å². The molecule has 4 nitrogen and oxygen atoms in total. The van der Waals surface area contributed by atoms with E-state index in [1.807, 2.05) is 24.3 Å². The van der Waals surface area contributed by atoms with Crippen LogP contribution >= 0.6 is 11.6 Å². The second-order valence-corrected chi connectivity index (χ2v) is 5.48. The van der Waals surface area contributed by atoms with Crippen molar-refractivity contribution < 1.29 is 14.3 Å². The van der Waals surface area contributed by atoms with Gasteiger partial charge in [0.25, 0.3) is 5.91 Å². The largest absolute Gasteiger partial charge is 0.497 e. The zero-order valence-corrected chi connectivity index (χ0v) is 13.8. The summed E-state index contributed by atoms with van der Waals surface area (Å²) >= 11 is 5.79. The Labute approximate surface area is 141 Å². The van der Waals surface area contributed by atoms with E-state index in [-0.39, 0.29) is 12.5 Å². The summed E-state index contributed by atoms with van der Waals surface area (Å²) in [6, 6.07) is 14.9. The molecule has 0 fully saturated rings. The molecule has 0 atom stereocenters. The lowest BCUT2D eigenvalue weighted by atomic mass is 10.1. The standard InChI is InChI=1S/C18H20ClNO3/c1-22-17-6-2-4-14(12-17)5-3-11-20-18(21)13-23-16-9-7-15(19)8-10-16/h2,4,6-10,12H,3,5,11,13H2,1H3,(H,20,21). The van der Waals surface area contributed by atoms with Crippen molar-refractivity contribution in [3.63, 3.8) is 0 Å². The molecule has 1 amide bonds. The first-order chi connectivity index (χ1) is 11.2. The van der Waals surface area contributed by atoms with Crippen LogP contribution in [0.3, 0.4) is 0 Å². The molecular weight excluding hydrogens is 314 g/mol. The van der Waals surface area contributed by atoms with Gasteiger partial charge in [-0.25, -0.2) is 0 Å². The number of nitrogens with one attached hydrogen (secondary N) is 1. The second-order valence-electron chi connectivity index (χ2n) is 5.05. The zero-order valence-electron chi connectivity index (χ0n) is 13.0. The fourth-order valence-electron chi connectivity index (χ4n) is 2.08. The van der Waals surface area contributed by atoms with Gasteiger partial charge in [0.05, 0.1) is 7.11 Å². The molecule has 23 heavy (non-hydrogen) atoms. The lowest BCUT2D eigenvalue weighted by molar-refractivity contribution is -0.123. The fraction of sp³-hybridized carbons (Fsp3) is 0.278. The molecule has 0 heterocycles. The van der Waals surface area contributed by atoms with Gasteiger partial charge in [0.15, 0.2) is 6.61 Å². The molecule has 122 valence electrons. The molecule has 0 bridgehead atoms. The van der Waals surface area contributed by atoms with Gasteiger partial charge in [-0.2, -0.15) is 0 Å². The average Bonchev–Trinajstić information content (AvgIpc) is 2.58. The Morgan fingerprint density at radius 2 is 1.91 bits per heavy atom. The second kappa shape index (κ2) is 9.06. The predicted octanol–water partition coefficient (Wildman–Crippen LogP) is 3.48. The van der Waals surface area contributed by atoms with Gasteiger partial charge in [-0.15, -0.1) is 0 Å². The lowest BCUT2D eigenvalue weighted by Crippen LogP contribution is -2.29. The molecule has 0 spiro atoms. The third-order valence-electron chi connectivity index (χ3n) is 3.28. The molecule has 2 aromatic carbocycles. The van der Waals surface area contributed by atoms with Crippen molar-refractivity contribution in [1.29, 1.82) is 0 Å². The van der Waals surface area contributed by atoms with Crippen LogP contribution in [0, 0.1) is 0 Å². The molecular formula is C18H20ClNO3. The highest BCUT2D eigenvalue weighted by Gasteiger charge is 2.03. The van der Waals surface area contributed by atoms with Crippen molar-refractivity contribution in [1.82, 2.24) is 5.32 Å². The maximum atomic E-state index is 11.7. The molecule has 2 aromatic rings. The van der Waals surface area contributed by atoms with E-state index in [4.69, 9.17) is 21.1 Å². The lowest BCUT2D eigenvalue weighted by Gasteiger charge is -2.08. The Morgan fingerprint density at radius 1 is 1.13 bits per heavy atom. The number of hydrogen-bond acceptors (Lipinski definition) is 3. The van der Waals surface area contributed by atoms with E-state index >= 15 is 0 Å². The third kappa shape index (κ3) is 6.20. The highest BCUT2D eigenvalue weighted by Crippen LogP contribution is 2.15. The van der Waals surface area contributed by atoms with Crippen LogP contribution in [-0.4, -0.2) is 26.2 Å². The van der Waals surface area contributed by atoms with E-state index in [2.05, 4.69) is 5.32 Å². The molecule has 5 heteroatoms. The number of halogens is 1. The first-order valence-electron chi connectivity index (χ1n) is 7.45. The summed E-state index contributed by atoms with van der Waals surface area (Å²) in [4.78, 5) is 11.7. The van der Waals surface area contributed by atoms with Crippen molar-refractivity contribution in [3.8, 4) is 11.5 Å². The van der Waals surface area contributed by atoms with Crippen molar-refractivity contribution in [2.75, 3.05) is 20.3 Å². The summed E-state index contributed by atoms with van der Waals surface area (Å²) in [5, 5.41) is 3.48. The summed E-state index contributed by atoms with van der Waals surface area (Å²) in [5.41, 5.74) is 1.19. The van der Waals surface area contributed by atoms with Crippen LogP contribution in [0.1, 0.15) is 12.0 Å². The Kier molecular flexibility index (Phi) is 6.76. The Balaban J connectivity index is 1.63. The molecule has 2 rings (SSSR count). The average molecular weight is 334 g/mol. The number of carbonyl (C=O) groups excluding carboxylic acids is 1. The monoisotopic (exact) mass is 333 g/mol. The number of hydrogen-bond donors (Lipinski definition) is 1. The van der Waals surface area contributed by atoms with Gasteiger partial charge in [-0.3, -0.25) is 4.79 Å². The van der Waals surface area contributed by atoms with Gasteiger partial charge in [0.1, 0.15) is 11.5 Å². The van der Waals surface area contributed by atoms with Crippen LogP contribution in [-0.2, 0) is 11.2 Å². The Morgan fingerprint density at radius 3 is 2.65 bits per heavy atom. The molecule has 0 radical (unpaired) electrons. The van der Waals surface area contributed by atoms with Crippen LogP contribution < -0.4 is 14.8 Å². The molecule has 0 aliphatic rings. The minimum absolute atomic E-state index is 0.000786. The van der Waals surface area contributed by atoms with Gasteiger partial charge < -0.3 is 14.8 Å². The highest BCUT2D eigenvalue weighted by molar-refractivity contribution is 6.30. The molecule has 0 aliphatic carbocycles.